The molecule has 1 atom stereocenters. The van der Waals surface area contributed by atoms with Gasteiger partial charge >= 0.3 is 0 Å². The lowest BCUT2D eigenvalue weighted by molar-refractivity contribution is 0.0915. The minimum Gasteiger partial charge on any atom is -0.345 e. The van der Waals surface area contributed by atoms with Gasteiger partial charge in [0.25, 0.3) is 5.91 Å². The molecule has 1 aliphatic heterocycles. The van der Waals surface area contributed by atoms with E-state index in [-0.39, 0.29) is 11.7 Å². The smallest absolute Gasteiger partial charge is 0.251 e. The summed E-state index contributed by atoms with van der Waals surface area (Å²) in [6.45, 7) is 1.85. The van der Waals surface area contributed by atoms with Crippen molar-refractivity contribution in [2.24, 2.45) is 0 Å². The Kier molecular flexibility index (Phi) is 5.26. The van der Waals surface area contributed by atoms with Gasteiger partial charge in [-0.15, -0.1) is 11.3 Å². The fourth-order valence-electron chi connectivity index (χ4n) is 4.08. The van der Waals surface area contributed by atoms with Gasteiger partial charge in [-0.05, 0) is 37.6 Å². The Morgan fingerprint density at radius 1 is 1.28 bits per heavy atom. The Balaban J connectivity index is 1.58. The molecule has 1 aliphatic rings. The largest absolute Gasteiger partial charge is 0.345 e. The molecular weight excluding hydrogens is 468 g/mol. The second-order valence-electron chi connectivity index (χ2n) is 8.23. The Labute approximate surface area is 195 Å². The third-order valence-corrected chi connectivity index (χ3v) is 8.52. The maximum atomic E-state index is 13.1. The predicted octanol–water partition coefficient (Wildman–Crippen LogP) is 5.45. The Morgan fingerprint density at radius 3 is 2.78 bits per heavy atom. The molecule has 166 valence electrons. The van der Waals surface area contributed by atoms with Gasteiger partial charge in [0.2, 0.25) is 0 Å². The molecular formula is C22H21ClN4O3S2. The third-order valence-electron chi connectivity index (χ3n) is 5.65. The van der Waals surface area contributed by atoms with E-state index in [1.807, 2.05) is 42.6 Å². The first-order valence-corrected chi connectivity index (χ1v) is 13.2. The highest BCUT2D eigenvalue weighted by atomic mass is 35.5. The summed E-state index contributed by atoms with van der Waals surface area (Å²) in [5.41, 5.74) is 3.79. The fourth-order valence-corrected chi connectivity index (χ4v) is 6.98. The minimum atomic E-state index is -2.63. The molecule has 2 aromatic heterocycles. The lowest BCUT2D eigenvalue weighted by Gasteiger charge is -2.30. The summed E-state index contributed by atoms with van der Waals surface area (Å²) in [7, 11) is -2.63. The van der Waals surface area contributed by atoms with Crippen LogP contribution in [-0.4, -0.2) is 46.8 Å². The molecule has 0 saturated carbocycles. The molecule has 0 radical (unpaired) electrons. The van der Waals surface area contributed by atoms with Crippen molar-refractivity contribution in [3.63, 3.8) is 0 Å². The Bertz CT molecular complexity index is 1320. The van der Waals surface area contributed by atoms with Crippen molar-refractivity contribution in [3.8, 4) is 17.1 Å². The number of fused-ring (bicyclic) bond motifs is 1. The van der Waals surface area contributed by atoms with E-state index in [9.17, 15) is 13.9 Å². The van der Waals surface area contributed by atoms with Crippen molar-refractivity contribution in [1.29, 1.82) is 0 Å². The number of carbonyl (C=O) groups is 1. The molecule has 1 unspecified atom stereocenters. The third kappa shape index (κ3) is 3.91. The average molecular weight is 489 g/mol. The lowest BCUT2D eigenvalue weighted by Crippen LogP contribution is -2.46. The number of carbonyl (C=O) groups excluding carboxylic acids is 1. The zero-order chi connectivity index (χ0) is 22.5. The van der Waals surface area contributed by atoms with E-state index in [0.717, 1.165) is 16.5 Å². The SMILES string of the molecule is CC1(NC(=O)c2ccc3c(-c4ccccc4Cl)nn(-c4cscn4)c3c2)CCS(O)(O)C1. The topological polar surface area (TPSA) is 100 Å². The van der Waals surface area contributed by atoms with Crippen molar-refractivity contribution < 1.29 is 13.9 Å². The van der Waals surface area contributed by atoms with Crippen LogP contribution < -0.4 is 5.32 Å². The Morgan fingerprint density at radius 2 is 2.09 bits per heavy atom. The highest BCUT2D eigenvalue weighted by Gasteiger charge is 2.39. The van der Waals surface area contributed by atoms with Gasteiger partial charge in [0.1, 0.15) is 5.69 Å². The van der Waals surface area contributed by atoms with Crippen LogP contribution in [0.15, 0.2) is 53.4 Å². The molecule has 3 N–H and O–H groups in total. The van der Waals surface area contributed by atoms with E-state index >= 15 is 0 Å². The molecule has 1 fully saturated rings. The van der Waals surface area contributed by atoms with Gasteiger partial charge in [-0.2, -0.15) is 15.7 Å². The molecule has 1 amide bonds. The van der Waals surface area contributed by atoms with Crippen molar-refractivity contribution >= 4 is 50.3 Å². The fraction of sp³-hybridized carbons (Fsp3) is 0.227. The molecule has 3 heterocycles. The summed E-state index contributed by atoms with van der Waals surface area (Å²) in [5, 5.41) is 11.1. The van der Waals surface area contributed by atoms with E-state index in [2.05, 4.69) is 10.3 Å². The first-order valence-electron chi connectivity index (χ1n) is 9.97. The molecule has 32 heavy (non-hydrogen) atoms. The van der Waals surface area contributed by atoms with Crippen LogP contribution in [0.2, 0.25) is 5.02 Å². The highest BCUT2D eigenvalue weighted by molar-refractivity contribution is 8.24. The van der Waals surface area contributed by atoms with Crippen LogP contribution in [0.25, 0.3) is 28.0 Å². The van der Waals surface area contributed by atoms with E-state index in [4.69, 9.17) is 16.7 Å². The maximum Gasteiger partial charge on any atom is 0.251 e. The summed E-state index contributed by atoms with van der Waals surface area (Å²) in [6, 6.07) is 12.9. The van der Waals surface area contributed by atoms with Gasteiger partial charge < -0.3 is 5.32 Å². The summed E-state index contributed by atoms with van der Waals surface area (Å²) in [4.78, 5) is 17.4. The number of nitrogens with zero attached hydrogens (tertiary/aromatic N) is 3. The molecule has 2 aromatic carbocycles. The van der Waals surface area contributed by atoms with Crippen LogP contribution in [-0.2, 0) is 0 Å². The van der Waals surface area contributed by atoms with E-state index in [0.29, 0.717) is 34.3 Å². The number of amides is 1. The summed E-state index contributed by atoms with van der Waals surface area (Å²) < 4.78 is 21.7. The van der Waals surface area contributed by atoms with E-state index < -0.39 is 16.1 Å². The van der Waals surface area contributed by atoms with Crippen LogP contribution in [0.1, 0.15) is 23.7 Å². The predicted molar refractivity (Wildman–Crippen MR) is 130 cm³/mol. The first-order chi connectivity index (χ1) is 15.2. The maximum absolute atomic E-state index is 13.1. The van der Waals surface area contributed by atoms with Gasteiger partial charge in [0, 0.05) is 27.6 Å². The number of hydrogen-bond acceptors (Lipinski definition) is 6. The van der Waals surface area contributed by atoms with Crippen LogP contribution in [0.3, 0.4) is 0 Å². The van der Waals surface area contributed by atoms with Crippen molar-refractivity contribution in [3.05, 3.63) is 63.9 Å². The van der Waals surface area contributed by atoms with Crippen molar-refractivity contribution in [2.75, 3.05) is 11.5 Å². The molecule has 10 heteroatoms. The monoisotopic (exact) mass is 488 g/mol. The molecule has 0 spiro atoms. The standard InChI is InChI=1S/C22H21ClN4O3S2/c1-22(8-9-32(29,30)12-22)25-21(28)14-6-7-16-18(10-14)27(19-11-31-13-24-19)26-20(16)15-4-2-3-5-17(15)23/h2-7,10-11,13,29-30H,8-9,12H2,1H3,(H,25,28). The zero-order valence-corrected chi connectivity index (χ0v) is 19.5. The minimum absolute atomic E-state index is 0.168. The molecule has 0 aliphatic carbocycles. The number of rotatable bonds is 4. The molecule has 4 aromatic rings. The summed E-state index contributed by atoms with van der Waals surface area (Å²) >= 11 is 7.90. The number of benzene rings is 2. The van der Waals surface area contributed by atoms with Crippen molar-refractivity contribution in [2.45, 2.75) is 18.9 Å². The quantitative estimate of drug-likeness (QED) is 0.355. The van der Waals surface area contributed by atoms with Gasteiger partial charge in [-0.25, -0.2) is 9.67 Å². The Hall–Kier alpha value is -2.43. The van der Waals surface area contributed by atoms with Crippen LogP contribution in [0.4, 0.5) is 0 Å². The zero-order valence-electron chi connectivity index (χ0n) is 17.2. The number of nitrogens with one attached hydrogen (secondary N) is 1. The van der Waals surface area contributed by atoms with Crippen LogP contribution in [0, 0.1) is 0 Å². The molecule has 5 rings (SSSR count). The summed E-state index contributed by atoms with van der Waals surface area (Å²) in [5.74, 6) is 0.867. The average Bonchev–Trinajstić information content (AvgIpc) is 3.45. The van der Waals surface area contributed by atoms with Crippen LogP contribution in [0.5, 0.6) is 0 Å². The second kappa shape index (κ2) is 7.86. The van der Waals surface area contributed by atoms with Crippen molar-refractivity contribution in [1.82, 2.24) is 20.1 Å². The lowest BCUT2D eigenvalue weighted by atomic mass is 10.0. The normalized spacial score (nSPS) is 21.0. The van der Waals surface area contributed by atoms with Gasteiger partial charge in [-0.1, -0.05) is 29.8 Å². The van der Waals surface area contributed by atoms with E-state index in [1.54, 1.807) is 22.3 Å². The van der Waals surface area contributed by atoms with Gasteiger partial charge in [0.05, 0.1) is 27.3 Å². The van der Waals surface area contributed by atoms with Gasteiger partial charge in [-0.3, -0.25) is 13.9 Å². The van der Waals surface area contributed by atoms with Gasteiger partial charge in [0.15, 0.2) is 5.82 Å². The van der Waals surface area contributed by atoms with Crippen LogP contribution >= 0.6 is 33.5 Å². The number of hydrogen-bond donors (Lipinski definition) is 3. The molecule has 0 bridgehead atoms. The highest BCUT2D eigenvalue weighted by Crippen LogP contribution is 2.50. The first kappa shape index (κ1) is 21.4. The van der Waals surface area contributed by atoms with E-state index in [1.165, 1.54) is 11.3 Å². The number of halogens is 1. The summed E-state index contributed by atoms with van der Waals surface area (Å²) in [6.07, 6.45) is 0.525. The molecule has 7 nitrogen and oxygen atoms in total. The number of thiazole rings is 1. The second-order valence-corrected chi connectivity index (χ2v) is 11.7. The molecule has 1 saturated heterocycles. The number of aromatic nitrogens is 3.